The molecule has 1 aromatic carbocycles. The lowest BCUT2D eigenvalue weighted by Crippen LogP contribution is -1.93. The molecular weight excluding hydrogens is 204 g/mol. The maximum Gasteiger partial charge on any atom is 0.223 e. The zero-order chi connectivity index (χ0) is 11.1. The van der Waals surface area contributed by atoms with E-state index in [0.717, 1.165) is 17.9 Å². The van der Waals surface area contributed by atoms with Gasteiger partial charge in [0, 0.05) is 24.0 Å². The van der Waals surface area contributed by atoms with E-state index in [-0.39, 0.29) is 0 Å². The lowest BCUT2D eigenvalue weighted by molar-refractivity contribution is 0.337. The van der Waals surface area contributed by atoms with E-state index in [1.54, 1.807) is 6.92 Å². The van der Waals surface area contributed by atoms with Gasteiger partial charge in [-0.1, -0.05) is 24.2 Å². The Morgan fingerprint density at radius 1 is 1.38 bits per heavy atom. The van der Waals surface area contributed by atoms with Crippen molar-refractivity contribution in [1.82, 2.24) is 10.1 Å². The number of hydrogen-bond donors (Lipinski definition) is 0. The molecule has 0 fully saturated rings. The summed E-state index contributed by atoms with van der Waals surface area (Å²) in [5, 5.41) is 3.89. The highest BCUT2D eigenvalue weighted by molar-refractivity contribution is 5.60. The first-order chi connectivity index (χ1) is 7.74. The Morgan fingerprint density at radius 3 is 3.00 bits per heavy atom. The third kappa shape index (κ3) is 1.38. The number of aryl methyl sites for hydroxylation is 1. The summed E-state index contributed by atoms with van der Waals surface area (Å²) in [6.45, 7) is 4.69. The molecule has 0 spiro atoms. The largest absolute Gasteiger partial charge is 0.493 e. The van der Waals surface area contributed by atoms with E-state index >= 15 is 0 Å². The Morgan fingerprint density at radius 2 is 2.25 bits per heavy atom. The first kappa shape index (κ1) is 9.39. The van der Waals surface area contributed by atoms with Crippen molar-refractivity contribution in [2.75, 3.05) is 6.61 Å². The number of nitrogens with zero attached hydrogens (tertiary/aromatic N) is 2. The third-order valence-electron chi connectivity index (χ3n) is 2.82. The summed E-state index contributed by atoms with van der Waals surface area (Å²) in [6.07, 6.45) is 0. The smallest absolute Gasteiger partial charge is 0.223 e. The van der Waals surface area contributed by atoms with Crippen LogP contribution in [0.1, 0.15) is 24.3 Å². The standard InChI is InChI=1S/C12H12N2O2/c1-7-6-15-11-5-9(3-4-10(7)11)12-13-8(2)16-14-12/h3-5,7H,6H2,1-2H3. The van der Waals surface area contributed by atoms with Crippen molar-refractivity contribution >= 4 is 0 Å². The van der Waals surface area contributed by atoms with Crippen molar-refractivity contribution in [2.45, 2.75) is 19.8 Å². The Hall–Kier alpha value is -1.84. The lowest BCUT2D eigenvalue weighted by atomic mass is 10.0. The normalized spacial score (nSPS) is 18.2. The van der Waals surface area contributed by atoms with E-state index in [2.05, 4.69) is 23.1 Å². The first-order valence-corrected chi connectivity index (χ1v) is 5.31. The van der Waals surface area contributed by atoms with Gasteiger partial charge in [0.15, 0.2) is 0 Å². The fraction of sp³-hybridized carbons (Fsp3) is 0.333. The predicted octanol–water partition coefficient (Wildman–Crippen LogP) is 2.54. The summed E-state index contributed by atoms with van der Waals surface area (Å²) in [6, 6.07) is 6.06. The highest BCUT2D eigenvalue weighted by Crippen LogP contribution is 2.35. The number of benzene rings is 1. The zero-order valence-corrected chi connectivity index (χ0v) is 9.23. The molecule has 1 aliphatic rings. The van der Waals surface area contributed by atoms with E-state index < -0.39 is 0 Å². The summed E-state index contributed by atoms with van der Waals surface area (Å²) < 4.78 is 10.6. The molecule has 0 saturated heterocycles. The van der Waals surface area contributed by atoms with Crippen molar-refractivity contribution in [2.24, 2.45) is 0 Å². The maximum absolute atomic E-state index is 5.59. The fourth-order valence-electron chi connectivity index (χ4n) is 1.93. The van der Waals surface area contributed by atoms with Crippen LogP contribution >= 0.6 is 0 Å². The van der Waals surface area contributed by atoms with Crippen LogP contribution in [0.5, 0.6) is 5.75 Å². The minimum absolute atomic E-state index is 0.469. The van der Waals surface area contributed by atoms with E-state index in [0.29, 0.717) is 17.6 Å². The van der Waals surface area contributed by atoms with Gasteiger partial charge in [-0.25, -0.2) is 0 Å². The van der Waals surface area contributed by atoms with Crippen LogP contribution in [0.2, 0.25) is 0 Å². The molecule has 4 heteroatoms. The molecule has 3 rings (SSSR count). The van der Waals surface area contributed by atoms with Gasteiger partial charge in [0.1, 0.15) is 5.75 Å². The molecule has 16 heavy (non-hydrogen) atoms. The van der Waals surface area contributed by atoms with E-state index in [9.17, 15) is 0 Å². The summed E-state index contributed by atoms with van der Waals surface area (Å²) in [5.74, 6) is 2.59. The van der Waals surface area contributed by atoms with E-state index in [4.69, 9.17) is 9.26 Å². The Bertz CT molecular complexity index is 534. The second kappa shape index (κ2) is 3.33. The average Bonchev–Trinajstić information content (AvgIpc) is 2.86. The van der Waals surface area contributed by atoms with Gasteiger partial charge in [0.05, 0.1) is 6.61 Å². The van der Waals surface area contributed by atoms with Crippen LogP contribution in [0.4, 0.5) is 0 Å². The van der Waals surface area contributed by atoms with Crippen molar-refractivity contribution in [3.63, 3.8) is 0 Å². The molecule has 0 bridgehead atoms. The summed E-state index contributed by atoms with van der Waals surface area (Å²) in [5.41, 5.74) is 2.19. The monoisotopic (exact) mass is 216 g/mol. The second-order valence-corrected chi connectivity index (χ2v) is 4.10. The molecule has 0 aliphatic carbocycles. The van der Waals surface area contributed by atoms with Crippen LogP contribution in [-0.2, 0) is 0 Å². The molecule has 0 saturated carbocycles. The molecule has 2 heterocycles. The molecular formula is C12H12N2O2. The number of hydrogen-bond acceptors (Lipinski definition) is 4. The molecule has 1 atom stereocenters. The molecule has 0 N–H and O–H groups in total. The van der Waals surface area contributed by atoms with E-state index in [1.165, 1.54) is 5.56 Å². The maximum atomic E-state index is 5.59. The Kier molecular flexibility index (Phi) is 1.96. The van der Waals surface area contributed by atoms with Crippen molar-refractivity contribution in [3.05, 3.63) is 29.7 Å². The molecule has 1 unspecified atom stereocenters. The minimum Gasteiger partial charge on any atom is -0.493 e. The van der Waals surface area contributed by atoms with Crippen molar-refractivity contribution in [3.8, 4) is 17.1 Å². The van der Waals surface area contributed by atoms with Gasteiger partial charge < -0.3 is 9.26 Å². The van der Waals surface area contributed by atoms with Crippen LogP contribution < -0.4 is 4.74 Å². The molecule has 2 aromatic rings. The molecule has 0 amide bonds. The van der Waals surface area contributed by atoms with Gasteiger partial charge in [0.2, 0.25) is 11.7 Å². The van der Waals surface area contributed by atoms with Gasteiger partial charge in [-0.05, 0) is 6.07 Å². The highest BCUT2D eigenvalue weighted by atomic mass is 16.5. The first-order valence-electron chi connectivity index (χ1n) is 5.31. The van der Waals surface area contributed by atoms with Crippen molar-refractivity contribution < 1.29 is 9.26 Å². The van der Waals surface area contributed by atoms with Crippen LogP contribution in [0.15, 0.2) is 22.7 Å². The van der Waals surface area contributed by atoms with Crippen LogP contribution in [0, 0.1) is 6.92 Å². The Balaban J connectivity index is 2.05. The molecule has 4 nitrogen and oxygen atoms in total. The number of ether oxygens (including phenoxy) is 1. The number of rotatable bonds is 1. The third-order valence-corrected chi connectivity index (χ3v) is 2.82. The highest BCUT2D eigenvalue weighted by Gasteiger charge is 2.21. The lowest BCUT2D eigenvalue weighted by Gasteiger charge is -2.01. The summed E-state index contributed by atoms with van der Waals surface area (Å²) in [4.78, 5) is 4.19. The minimum atomic E-state index is 0.469. The van der Waals surface area contributed by atoms with E-state index in [1.807, 2.05) is 12.1 Å². The molecule has 1 aromatic heterocycles. The quantitative estimate of drug-likeness (QED) is 0.735. The SMILES string of the molecule is Cc1nc(-c2ccc3c(c2)OCC3C)no1. The average molecular weight is 216 g/mol. The van der Waals surface area contributed by atoms with Crippen LogP contribution in [0.3, 0.4) is 0 Å². The van der Waals surface area contributed by atoms with Gasteiger partial charge in [-0.3, -0.25) is 0 Å². The van der Waals surface area contributed by atoms with Crippen molar-refractivity contribution in [1.29, 1.82) is 0 Å². The molecule has 0 radical (unpaired) electrons. The molecule has 82 valence electrons. The second-order valence-electron chi connectivity index (χ2n) is 4.10. The summed E-state index contributed by atoms with van der Waals surface area (Å²) >= 11 is 0. The molecule has 1 aliphatic heterocycles. The Labute approximate surface area is 93.2 Å². The van der Waals surface area contributed by atoms with Crippen LogP contribution in [-0.4, -0.2) is 16.7 Å². The van der Waals surface area contributed by atoms with Gasteiger partial charge >= 0.3 is 0 Å². The van der Waals surface area contributed by atoms with Gasteiger partial charge in [-0.2, -0.15) is 4.98 Å². The number of aromatic nitrogens is 2. The van der Waals surface area contributed by atoms with Gasteiger partial charge in [0.25, 0.3) is 0 Å². The predicted molar refractivity (Wildman–Crippen MR) is 58.4 cm³/mol. The zero-order valence-electron chi connectivity index (χ0n) is 9.23. The summed E-state index contributed by atoms with van der Waals surface area (Å²) in [7, 11) is 0. The number of fused-ring (bicyclic) bond motifs is 1. The topological polar surface area (TPSA) is 48.2 Å². The van der Waals surface area contributed by atoms with Gasteiger partial charge in [-0.15, -0.1) is 0 Å². The van der Waals surface area contributed by atoms with Crippen LogP contribution in [0.25, 0.3) is 11.4 Å². The fourth-order valence-corrected chi connectivity index (χ4v) is 1.93.